The van der Waals surface area contributed by atoms with Crippen molar-refractivity contribution in [2.24, 2.45) is 0 Å². The summed E-state index contributed by atoms with van der Waals surface area (Å²) in [6.07, 6.45) is 0. The van der Waals surface area contributed by atoms with Crippen molar-refractivity contribution in [2.75, 3.05) is 0 Å². The van der Waals surface area contributed by atoms with Crippen LogP contribution in [0.15, 0.2) is 0 Å². The van der Waals surface area contributed by atoms with Crippen LogP contribution in [0.5, 0.6) is 0 Å². The average Bonchev–Trinajstić information content (AvgIpc) is 2.33. The molecule has 0 saturated carbocycles. The van der Waals surface area contributed by atoms with Crippen molar-refractivity contribution in [3.05, 3.63) is 39.4 Å². The zero-order chi connectivity index (χ0) is 12.0. The van der Waals surface area contributed by atoms with Crippen LogP contribution in [0.1, 0.15) is 0 Å². The van der Waals surface area contributed by atoms with Crippen molar-refractivity contribution in [1.82, 2.24) is 0 Å². The Morgan fingerprint density at radius 3 is 0.333 bits per heavy atom. The van der Waals surface area contributed by atoms with E-state index in [2.05, 4.69) is 0 Å². The molecule has 0 saturated heterocycles. The fourth-order valence-corrected chi connectivity index (χ4v) is 0. The summed E-state index contributed by atoms with van der Waals surface area (Å²) in [6, 6.07) is 0. The average molecular weight is 427 g/mol. The third-order valence-electron chi connectivity index (χ3n) is 0. The first-order valence-electron chi connectivity index (χ1n) is 1.34. The molecule has 0 atom stereocenters. The van der Waals surface area contributed by atoms with E-state index >= 15 is 0 Å². The summed E-state index contributed by atoms with van der Waals surface area (Å²) >= 11 is 0. The van der Waals surface area contributed by atoms with Gasteiger partial charge in [0.1, 0.15) is 0 Å². The van der Waals surface area contributed by atoms with Gasteiger partial charge in [0.15, 0.2) is 0 Å². The molecule has 6 nitrogen and oxygen atoms in total. The summed E-state index contributed by atoms with van der Waals surface area (Å²) in [7, 11) is 0. The minimum atomic E-state index is 0. The van der Waals surface area contributed by atoms with E-state index < -0.39 is 0 Å². The third-order valence-corrected chi connectivity index (χ3v) is 0. The summed E-state index contributed by atoms with van der Waals surface area (Å²) < 4.78 is 0. The van der Waals surface area contributed by atoms with Gasteiger partial charge in [-0.3, -0.25) is 0 Å². The predicted octanol–water partition coefficient (Wildman–Crippen LogP) is -0.186. The molecule has 9 heteroatoms. The Balaban J connectivity index is -0.00000000396. The van der Waals surface area contributed by atoms with E-state index in [0.717, 1.165) is 0 Å². The van der Waals surface area contributed by atoms with Gasteiger partial charge in [-0.2, -0.15) is 0 Å². The maximum absolute atomic E-state index is 6.25. The van der Waals surface area contributed by atoms with Crippen LogP contribution in [0.2, 0.25) is 0 Å². The van der Waals surface area contributed by atoms with Crippen LogP contribution in [0.4, 0.5) is 0 Å². The number of hydrogen-bond acceptors (Lipinski definition) is 6. The minimum Gasteiger partial charge on any atom is -0.512 e. The third kappa shape index (κ3) is 3310. The molecule has 15 heavy (non-hydrogen) atoms. The van der Waals surface area contributed by atoms with Crippen molar-refractivity contribution >= 4 is 103 Å². The topological polar surface area (TPSA) is 143 Å². The molecule has 0 aliphatic rings. The van der Waals surface area contributed by atoms with Crippen LogP contribution < -0.4 is 0 Å². The van der Waals surface area contributed by atoms with Gasteiger partial charge in [-0.05, 0) is 0 Å². The summed E-state index contributed by atoms with van der Waals surface area (Å²) in [5, 5.41) is 37.5. The van der Waals surface area contributed by atoms with Gasteiger partial charge in [-0.15, -0.1) is 0 Å². The fraction of sp³-hybridized carbons (Fsp3) is 0. The molecule has 0 unspecified atom stereocenters. The molecule has 0 amide bonds. The van der Waals surface area contributed by atoms with E-state index in [1.54, 1.807) is 0 Å². The van der Waals surface area contributed by atoms with Gasteiger partial charge in [0.05, 0.1) is 0 Å². The maximum atomic E-state index is 6.25. The Kier molecular flexibility index (Phi) is 19100. The van der Waals surface area contributed by atoms with Crippen molar-refractivity contribution in [3.63, 3.8) is 0 Å². The Hall–Kier alpha value is 0.862. The molecule has 0 aliphatic heterocycles. The van der Waals surface area contributed by atoms with Crippen molar-refractivity contribution in [1.29, 1.82) is 31.6 Å². The Labute approximate surface area is 189 Å². The Morgan fingerprint density at radius 2 is 0.333 bits per heavy atom. The first-order chi connectivity index (χ1) is 6.00. The summed E-state index contributed by atoms with van der Waals surface area (Å²) in [5.41, 5.74) is 0. The number of nitrogens with zero attached hydrogens (tertiary/aromatic N) is 6. The van der Waals surface area contributed by atoms with Crippen LogP contribution >= 0.6 is 0 Å². The molecule has 71 valence electrons. The fourth-order valence-electron chi connectivity index (χ4n) is 0. The van der Waals surface area contributed by atoms with E-state index in [9.17, 15) is 0 Å². The molecule has 0 N–H and O–H groups in total. The Bertz CT molecular complexity index is 101. The molecule has 0 heterocycles. The molecule has 0 aliphatic carbocycles. The van der Waals surface area contributed by atoms with Gasteiger partial charge in [0, 0.05) is 123 Å². The van der Waals surface area contributed by atoms with Crippen molar-refractivity contribution < 1.29 is 20.1 Å². The van der Waals surface area contributed by atoms with Crippen LogP contribution in [-0.2, 0) is 20.1 Å². The second-order valence-electron chi connectivity index (χ2n) is 0. The summed E-state index contributed by atoms with van der Waals surface area (Å²) in [5.74, 6) is 0. The monoisotopic (exact) mass is 427 g/mol. The van der Waals surface area contributed by atoms with E-state index in [0.29, 0.717) is 0 Å². The van der Waals surface area contributed by atoms with Crippen LogP contribution in [0.3, 0.4) is 0 Å². The molecule has 0 aromatic rings. The normalized spacial score (nSPS) is 0.800. The Morgan fingerprint density at radius 1 is 0.333 bits per heavy atom. The number of rotatable bonds is 0. The molecule has 3 radical (unpaired) electrons. The maximum Gasteiger partial charge on any atom is 0 e. The van der Waals surface area contributed by atoms with E-state index in [4.69, 9.17) is 71.0 Å². The summed E-state index contributed by atoms with van der Waals surface area (Å²) in [4.78, 5) is 0. The molecule has 0 aromatic carbocycles. The second-order valence-corrected chi connectivity index (χ2v) is 0. The van der Waals surface area contributed by atoms with E-state index in [1.165, 1.54) is 0 Å². The predicted molar refractivity (Wildman–Crippen MR) is 41.3 cm³/mol. The second kappa shape index (κ2) is 3840. The quantitative estimate of drug-likeness (QED) is 0.388. The van der Waals surface area contributed by atoms with Crippen molar-refractivity contribution in [2.45, 2.75) is 0 Å². The smallest absolute Gasteiger partial charge is 0 e. The van der Waals surface area contributed by atoms with Crippen LogP contribution in [-0.4, -0.2) is 103 Å². The minimum absolute atomic E-state index is 0. The zero-order valence-electron chi connectivity index (χ0n) is 8.02. The first-order valence-corrected chi connectivity index (χ1v) is 1.34. The molecule has 0 aromatic heterocycles. The van der Waals surface area contributed by atoms with Gasteiger partial charge >= 0.3 is 0 Å². The van der Waals surface area contributed by atoms with Crippen molar-refractivity contribution in [3.8, 4) is 0 Å². The van der Waals surface area contributed by atoms with Gasteiger partial charge < -0.3 is 71.0 Å². The molecule has 0 bridgehead atoms. The van der Waals surface area contributed by atoms with Gasteiger partial charge in [0.2, 0.25) is 0 Å². The van der Waals surface area contributed by atoms with Crippen LogP contribution in [0.25, 0.3) is 0 Å². The largest absolute Gasteiger partial charge is 0.512 e. The standard InChI is InChI=1S/6CN.Ir.2K/c6*1-2;;;/q6*-1;;;. The van der Waals surface area contributed by atoms with Gasteiger partial charge in [-0.1, -0.05) is 0 Å². The SMILES string of the molecule is [C-]#N.[C-]#N.[C-]#N.[C-]#N.[C-]#N.[C-]#N.[Ir].[K].[K]. The molecule has 0 fully saturated rings. The number of hydrogen-bond donors (Lipinski definition) is 0. The van der Waals surface area contributed by atoms with Gasteiger partial charge in [-0.25, -0.2) is 0 Å². The van der Waals surface area contributed by atoms with E-state index in [1.807, 2.05) is 0 Å². The summed E-state index contributed by atoms with van der Waals surface area (Å²) in [6.45, 7) is 28.5. The van der Waals surface area contributed by atoms with Gasteiger partial charge in [0.25, 0.3) is 0 Å². The molecular formula is C6IrK2N6-6. The molecule has 0 spiro atoms. The first kappa shape index (κ1) is 74.4. The molecular weight excluding hydrogens is 427 g/mol. The zero-order valence-corrected chi connectivity index (χ0v) is 16.7. The van der Waals surface area contributed by atoms with E-state index in [-0.39, 0.29) is 123 Å². The van der Waals surface area contributed by atoms with Crippen LogP contribution in [0, 0.1) is 71.0 Å². The molecule has 0 rings (SSSR count).